The molecule has 49 heavy (non-hydrogen) atoms. The van der Waals surface area contributed by atoms with Crippen LogP contribution in [0.15, 0.2) is 4.34 Å². The third-order valence-electron chi connectivity index (χ3n) is 12.1. The van der Waals surface area contributed by atoms with E-state index in [0.717, 1.165) is 40.0 Å². The molecule has 8 atom stereocenters. The lowest BCUT2D eigenvalue weighted by atomic mass is 9.59. The molecule has 6 saturated heterocycles. The van der Waals surface area contributed by atoms with Crippen LogP contribution in [0.2, 0.25) is 0 Å². The quantitative estimate of drug-likeness (QED) is 0.288. The number of rotatable bonds is 5. The molecule has 0 unspecified atom stereocenters. The average molecular weight is 731 g/mol. The standard InChI is InChI=1S/C19H23N5O3S3.C15H23NO3/c1-17(2,3)12-21-23-16(30-12)28-8-11-20-22-15(29-11)24-13(25)18(4)9-6-7-10(27-9)19(18,5)14(24)26;1-13(2,3)8-16-11(17)14(4)9-6-7-10(19-9)15(14,5)12(16)18/h9-10H,6-8H2,1-5H3;9-10H,6-8H2,1-5H3/t9-,10+,18+,19-;9-,10+,14+,15-. The minimum atomic E-state index is -0.830. The smallest absolute Gasteiger partial charge is 0.245 e. The molecule has 0 aliphatic carbocycles. The maximum Gasteiger partial charge on any atom is 0.245 e. The third kappa shape index (κ3) is 4.73. The minimum absolute atomic E-state index is 0.0258. The summed E-state index contributed by atoms with van der Waals surface area (Å²) in [5.41, 5.74) is -3.07. The fourth-order valence-electron chi connectivity index (χ4n) is 8.84. The molecule has 8 heterocycles. The van der Waals surface area contributed by atoms with Crippen LogP contribution in [-0.4, -0.2) is 79.9 Å². The lowest BCUT2D eigenvalue weighted by Gasteiger charge is -2.36. The topological polar surface area (TPSA) is 145 Å². The molecule has 0 aromatic carbocycles. The van der Waals surface area contributed by atoms with Gasteiger partial charge in [0.2, 0.25) is 28.8 Å². The number of carbonyl (C=O) groups excluding carboxylic acids is 4. The molecule has 0 N–H and O–H groups in total. The van der Waals surface area contributed by atoms with Crippen molar-refractivity contribution >= 4 is 63.2 Å². The van der Waals surface area contributed by atoms with Gasteiger partial charge in [0, 0.05) is 12.0 Å². The molecule has 0 saturated carbocycles. The Labute approximate surface area is 299 Å². The van der Waals surface area contributed by atoms with Gasteiger partial charge in [0.1, 0.15) is 10.0 Å². The van der Waals surface area contributed by atoms with Gasteiger partial charge in [0.25, 0.3) is 0 Å². The number of imide groups is 2. The molecule has 0 spiro atoms. The summed E-state index contributed by atoms with van der Waals surface area (Å²) in [5.74, 6) is 0.0903. The summed E-state index contributed by atoms with van der Waals surface area (Å²) in [4.78, 5) is 55.1. The van der Waals surface area contributed by atoms with Crippen LogP contribution in [0.25, 0.3) is 0 Å². The monoisotopic (exact) mass is 730 g/mol. The van der Waals surface area contributed by atoms with Gasteiger partial charge in [0.05, 0.1) is 51.8 Å². The van der Waals surface area contributed by atoms with Gasteiger partial charge in [0.15, 0.2) is 4.34 Å². The predicted molar refractivity (Wildman–Crippen MR) is 185 cm³/mol. The number of hydrogen-bond donors (Lipinski definition) is 0. The minimum Gasteiger partial charge on any atom is -0.373 e. The Bertz CT molecular complexity index is 1680. The number of hydrogen-bond acceptors (Lipinski definition) is 13. The Morgan fingerprint density at radius 3 is 1.59 bits per heavy atom. The number of fused-ring (bicyclic) bond motifs is 10. The molecule has 2 aromatic rings. The van der Waals surface area contributed by atoms with Crippen LogP contribution in [0, 0.1) is 27.1 Å². The van der Waals surface area contributed by atoms with E-state index in [2.05, 4.69) is 61.9 Å². The van der Waals surface area contributed by atoms with E-state index in [4.69, 9.17) is 9.47 Å². The van der Waals surface area contributed by atoms with Crippen molar-refractivity contribution in [1.29, 1.82) is 0 Å². The molecule has 2 aromatic heterocycles. The van der Waals surface area contributed by atoms with E-state index < -0.39 is 21.7 Å². The van der Waals surface area contributed by atoms with Crippen LogP contribution < -0.4 is 4.90 Å². The van der Waals surface area contributed by atoms with Crippen molar-refractivity contribution in [3.63, 3.8) is 0 Å². The van der Waals surface area contributed by atoms with E-state index >= 15 is 0 Å². The highest BCUT2D eigenvalue weighted by Crippen LogP contribution is 2.65. The van der Waals surface area contributed by atoms with E-state index in [-0.39, 0.29) is 58.9 Å². The Morgan fingerprint density at radius 1 is 0.694 bits per heavy atom. The maximum absolute atomic E-state index is 13.3. The second-order valence-corrected chi connectivity index (χ2v) is 20.5. The molecule has 6 aliphatic heterocycles. The molecule has 8 rings (SSSR count). The van der Waals surface area contributed by atoms with Crippen LogP contribution in [0.5, 0.6) is 0 Å². The van der Waals surface area contributed by atoms with Gasteiger partial charge in [-0.3, -0.25) is 24.1 Å². The average Bonchev–Trinajstić information content (AvgIpc) is 3.87. The van der Waals surface area contributed by atoms with Crippen molar-refractivity contribution in [2.24, 2.45) is 27.1 Å². The van der Waals surface area contributed by atoms with E-state index in [1.54, 1.807) is 11.3 Å². The molecular weight excluding hydrogens is 685 g/mol. The van der Waals surface area contributed by atoms with E-state index in [1.807, 2.05) is 27.7 Å². The van der Waals surface area contributed by atoms with Crippen LogP contribution in [-0.2, 0) is 39.8 Å². The van der Waals surface area contributed by atoms with Crippen molar-refractivity contribution in [2.45, 2.75) is 135 Å². The second kappa shape index (κ2) is 11.1. The molecule has 6 aliphatic rings. The molecular formula is C34H46N6O6S3. The van der Waals surface area contributed by atoms with Gasteiger partial charge >= 0.3 is 0 Å². The normalized spacial score (nSPS) is 37.8. The van der Waals surface area contributed by atoms with E-state index in [1.165, 1.54) is 32.9 Å². The summed E-state index contributed by atoms with van der Waals surface area (Å²) in [6.07, 6.45) is 2.88. The zero-order valence-electron chi connectivity index (χ0n) is 29.9. The largest absolute Gasteiger partial charge is 0.373 e. The Kier molecular flexibility index (Phi) is 7.94. The predicted octanol–water partition coefficient (Wildman–Crippen LogP) is 5.40. The van der Waals surface area contributed by atoms with Crippen LogP contribution in [0.4, 0.5) is 5.13 Å². The van der Waals surface area contributed by atoms with Crippen molar-refractivity contribution in [1.82, 2.24) is 25.3 Å². The number of likely N-dealkylation sites (tertiary alicyclic amines) is 1. The number of nitrogens with zero attached hydrogens (tertiary/aromatic N) is 6. The first-order valence-electron chi connectivity index (χ1n) is 17.0. The third-order valence-corrected chi connectivity index (χ3v) is 15.7. The Balaban J connectivity index is 0.000000171. The van der Waals surface area contributed by atoms with Crippen molar-refractivity contribution < 1.29 is 28.7 Å². The molecule has 266 valence electrons. The van der Waals surface area contributed by atoms with Gasteiger partial charge < -0.3 is 9.47 Å². The number of ether oxygens (including phenoxy) is 2. The van der Waals surface area contributed by atoms with Crippen molar-refractivity contribution in [2.75, 3.05) is 11.4 Å². The maximum atomic E-state index is 13.3. The highest BCUT2D eigenvalue weighted by Gasteiger charge is 2.78. The fourth-order valence-corrected chi connectivity index (χ4v) is 11.6. The first kappa shape index (κ1) is 35.1. The highest BCUT2D eigenvalue weighted by molar-refractivity contribution is 8.00. The van der Waals surface area contributed by atoms with Crippen LogP contribution in [0.3, 0.4) is 0 Å². The van der Waals surface area contributed by atoms with Gasteiger partial charge in [-0.15, -0.1) is 20.4 Å². The molecule has 12 nitrogen and oxygen atoms in total. The zero-order chi connectivity index (χ0) is 35.7. The molecule has 4 amide bonds. The molecule has 4 bridgehead atoms. The zero-order valence-corrected chi connectivity index (χ0v) is 32.4. The lowest BCUT2D eigenvalue weighted by Crippen LogP contribution is -2.48. The van der Waals surface area contributed by atoms with Crippen molar-refractivity contribution in [3.8, 4) is 0 Å². The molecule has 6 fully saturated rings. The SMILES string of the molecule is CC(C)(C)CN1C(=O)[C@@]2(C)[C@@H]3CC[C@@H](O3)[C@@]2(C)C1=O.CC(C)(C)c1nnc(SCc2nnc(N3C(=O)[C@@]4(C)[C@@H]5CC[C@@H](O5)[C@@]4(C)C3=O)s2)s1. The summed E-state index contributed by atoms with van der Waals surface area (Å²) >= 11 is 4.40. The second-order valence-electron chi connectivity index (χ2n) is 17.3. The summed E-state index contributed by atoms with van der Waals surface area (Å²) in [6.45, 7) is 20.6. The highest BCUT2D eigenvalue weighted by atomic mass is 32.2. The van der Waals surface area contributed by atoms with Gasteiger partial charge in [-0.05, 0) is 58.8 Å². The first-order valence-corrected chi connectivity index (χ1v) is 19.7. The van der Waals surface area contributed by atoms with E-state index in [0.29, 0.717) is 17.4 Å². The number of carbonyl (C=O) groups is 4. The van der Waals surface area contributed by atoms with Crippen molar-refractivity contribution in [3.05, 3.63) is 10.0 Å². The van der Waals surface area contributed by atoms with Crippen LogP contribution in [0.1, 0.15) is 105 Å². The van der Waals surface area contributed by atoms with Gasteiger partial charge in [-0.1, -0.05) is 76.0 Å². The van der Waals surface area contributed by atoms with Crippen LogP contribution >= 0.6 is 34.4 Å². The summed E-state index contributed by atoms with van der Waals surface area (Å²) in [6, 6.07) is 0. The number of amides is 4. The molecule has 0 radical (unpaired) electrons. The lowest BCUT2D eigenvalue weighted by molar-refractivity contribution is -0.146. The Hall–Kier alpha value is -2.33. The first-order chi connectivity index (χ1) is 22.7. The molecule has 15 heteroatoms. The Morgan fingerprint density at radius 2 is 1.16 bits per heavy atom. The number of anilines is 1. The van der Waals surface area contributed by atoms with Gasteiger partial charge in [-0.2, -0.15) is 0 Å². The van der Waals surface area contributed by atoms with E-state index in [9.17, 15) is 19.2 Å². The van der Waals surface area contributed by atoms with Gasteiger partial charge in [-0.25, -0.2) is 4.90 Å². The summed E-state index contributed by atoms with van der Waals surface area (Å²) < 4.78 is 12.7. The summed E-state index contributed by atoms with van der Waals surface area (Å²) in [5, 5.41) is 19.0. The number of thioether (sulfide) groups is 1. The summed E-state index contributed by atoms with van der Waals surface area (Å²) in [7, 11) is 0. The number of aromatic nitrogens is 4. The fraction of sp³-hybridized carbons (Fsp3) is 0.765.